The van der Waals surface area contributed by atoms with Crippen LogP contribution in [0.2, 0.25) is 0 Å². The van der Waals surface area contributed by atoms with Gasteiger partial charge in [0, 0.05) is 18.6 Å². The Kier molecular flexibility index (Phi) is 5.28. The molecule has 0 radical (unpaired) electrons. The number of esters is 1. The molecule has 0 aliphatic heterocycles. The Morgan fingerprint density at radius 1 is 1.11 bits per heavy atom. The number of benzene rings is 2. The van der Waals surface area contributed by atoms with Crippen LogP contribution in [0.4, 0.5) is 0 Å². The maximum atomic E-state index is 10.9. The van der Waals surface area contributed by atoms with Crippen LogP contribution in [0, 0.1) is 5.92 Å². The Labute approximate surface area is 163 Å². The van der Waals surface area contributed by atoms with Crippen molar-refractivity contribution in [3.63, 3.8) is 0 Å². The van der Waals surface area contributed by atoms with E-state index in [1.807, 2.05) is 48.5 Å². The van der Waals surface area contributed by atoms with E-state index in [2.05, 4.69) is 4.98 Å². The monoisotopic (exact) mass is 379 g/mol. The Bertz CT molecular complexity index is 944. The number of rotatable bonds is 8. The molecule has 1 fully saturated rings. The number of carbonyl (C=O) groups excluding carboxylic acids is 1. The van der Waals surface area contributed by atoms with E-state index in [4.69, 9.17) is 18.6 Å². The normalized spacial score (nSPS) is 13.2. The van der Waals surface area contributed by atoms with Gasteiger partial charge in [0.25, 0.3) is 0 Å². The van der Waals surface area contributed by atoms with Gasteiger partial charge in [-0.05, 0) is 55.2 Å². The van der Waals surface area contributed by atoms with Crippen LogP contribution in [0.15, 0.2) is 59.1 Å². The minimum atomic E-state index is -0.360. The first-order chi connectivity index (χ1) is 13.7. The van der Waals surface area contributed by atoms with E-state index >= 15 is 0 Å². The highest BCUT2D eigenvalue weighted by Crippen LogP contribution is 2.31. The van der Waals surface area contributed by atoms with E-state index < -0.39 is 0 Å². The van der Waals surface area contributed by atoms with E-state index in [0.717, 1.165) is 23.7 Å². The lowest BCUT2D eigenvalue weighted by atomic mass is 10.2. The number of carbonyl (C=O) groups is 1. The lowest BCUT2D eigenvalue weighted by molar-refractivity contribution is -0.142. The molecule has 0 saturated heterocycles. The summed E-state index contributed by atoms with van der Waals surface area (Å²) in [7, 11) is 0. The average molecular weight is 379 g/mol. The number of hydrogen-bond acceptors (Lipinski definition) is 6. The molecule has 28 heavy (non-hydrogen) atoms. The van der Waals surface area contributed by atoms with Gasteiger partial charge in [0.05, 0.1) is 12.8 Å². The number of hydrogen-bond donors (Lipinski definition) is 0. The van der Waals surface area contributed by atoms with Crippen molar-refractivity contribution in [2.45, 2.75) is 26.4 Å². The Morgan fingerprint density at radius 3 is 2.64 bits per heavy atom. The Balaban J connectivity index is 1.38. The van der Waals surface area contributed by atoms with Crippen molar-refractivity contribution >= 4 is 5.97 Å². The van der Waals surface area contributed by atoms with E-state index in [1.54, 1.807) is 6.20 Å². The van der Waals surface area contributed by atoms with Gasteiger partial charge in [-0.2, -0.15) is 0 Å². The molecule has 0 amide bonds. The number of oxazole rings is 1. The molecule has 0 atom stereocenters. The molecule has 0 N–H and O–H groups in total. The van der Waals surface area contributed by atoms with Gasteiger partial charge in [0.1, 0.15) is 17.2 Å². The minimum absolute atomic E-state index is 0.0721. The molecule has 0 unspecified atom stereocenters. The molecule has 2 aromatic carbocycles. The SMILES string of the molecule is CC(=O)OCc1cnc(-c2ccc(Oc3cccc(OCC4CC4)c3)cc2)o1. The smallest absolute Gasteiger partial charge is 0.303 e. The van der Waals surface area contributed by atoms with Crippen molar-refractivity contribution in [2.24, 2.45) is 5.92 Å². The second kappa shape index (κ2) is 8.17. The molecule has 144 valence electrons. The van der Waals surface area contributed by atoms with Gasteiger partial charge in [0.2, 0.25) is 5.89 Å². The maximum absolute atomic E-state index is 10.9. The van der Waals surface area contributed by atoms with Crippen molar-refractivity contribution in [1.82, 2.24) is 4.98 Å². The summed E-state index contributed by atoms with van der Waals surface area (Å²) >= 11 is 0. The van der Waals surface area contributed by atoms with Crippen LogP contribution in [-0.2, 0) is 16.1 Å². The van der Waals surface area contributed by atoms with Crippen LogP contribution in [0.5, 0.6) is 17.2 Å². The van der Waals surface area contributed by atoms with Crippen LogP contribution in [-0.4, -0.2) is 17.6 Å². The van der Waals surface area contributed by atoms with E-state index in [9.17, 15) is 4.79 Å². The standard InChI is InChI=1S/C22H21NO5/c1-15(24)25-14-21-12-23-22(28-21)17-7-9-18(10-8-17)27-20-4-2-3-19(11-20)26-13-16-5-6-16/h2-4,7-12,16H,5-6,13-14H2,1H3. The maximum Gasteiger partial charge on any atom is 0.303 e. The van der Waals surface area contributed by atoms with Gasteiger partial charge in [-0.25, -0.2) is 4.98 Å². The van der Waals surface area contributed by atoms with Crippen LogP contribution in [0.25, 0.3) is 11.5 Å². The van der Waals surface area contributed by atoms with Crippen molar-refractivity contribution < 1.29 is 23.4 Å². The van der Waals surface area contributed by atoms with E-state index in [1.165, 1.54) is 19.8 Å². The predicted octanol–water partition coefficient (Wildman–Crippen LogP) is 4.99. The second-order valence-corrected chi connectivity index (χ2v) is 6.77. The summed E-state index contributed by atoms with van der Waals surface area (Å²) in [5.74, 6) is 3.55. The average Bonchev–Trinajstić information content (AvgIpc) is 3.41. The molecule has 0 spiro atoms. The highest BCUT2D eigenvalue weighted by molar-refractivity contribution is 5.65. The van der Waals surface area contributed by atoms with Crippen molar-refractivity contribution in [1.29, 1.82) is 0 Å². The van der Waals surface area contributed by atoms with Crippen LogP contribution in [0.3, 0.4) is 0 Å². The molecule has 6 heteroatoms. The van der Waals surface area contributed by atoms with Crippen molar-refractivity contribution in [2.75, 3.05) is 6.61 Å². The van der Waals surface area contributed by atoms with Gasteiger partial charge in [-0.15, -0.1) is 0 Å². The fourth-order valence-electron chi connectivity index (χ4n) is 2.61. The fourth-order valence-corrected chi connectivity index (χ4v) is 2.61. The third-order valence-corrected chi connectivity index (χ3v) is 4.30. The quantitative estimate of drug-likeness (QED) is 0.514. The van der Waals surface area contributed by atoms with Crippen molar-refractivity contribution in [3.05, 3.63) is 60.5 Å². The van der Waals surface area contributed by atoms with Gasteiger partial charge in [-0.3, -0.25) is 4.79 Å². The zero-order valence-corrected chi connectivity index (χ0v) is 15.6. The summed E-state index contributed by atoms with van der Waals surface area (Å²) in [4.78, 5) is 15.1. The summed E-state index contributed by atoms with van der Waals surface area (Å²) < 4.78 is 22.2. The molecule has 6 nitrogen and oxygen atoms in total. The first kappa shape index (κ1) is 18.1. The Morgan fingerprint density at radius 2 is 1.89 bits per heavy atom. The van der Waals surface area contributed by atoms with Gasteiger partial charge < -0.3 is 18.6 Å². The van der Waals surface area contributed by atoms with Crippen LogP contribution in [0.1, 0.15) is 25.5 Å². The molecular formula is C22H21NO5. The van der Waals surface area contributed by atoms with Crippen LogP contribution < -0.4 is 9.47 Å². The minimum Gasteiger partial charge on any atom is -0.493 e. The molecule has 4 rings (SSSR count). The first-order valence-corrected chi connectivity index (χ1v) is 9.25. The fraction of sp³-hybridized carbons (Fsp3) is 0.273. The summed E-state index contributed by atoms with van der Waals surface area (Å²) in [6.07, 6.45) is 4.08. The highest BCUT2D eigenvalue weighted by atomic mass is 16.5. The van der Waals surface area contributed by atoms with Gasteiger partial charge in [0.15, 0.2) is 12.4 Å². The summed E-state index contributed by atoms with van der Waals surface area (Å²) in [6.45, 7) is 2.20. The van der Waals surface area contributed by atoms with Gasteiger partial charge in [-0.1, -0.05) is 6.07 Å². The molecular weight excluding hydrogens is 358 g/mol. The first-order valence-electron chi connectivity index (χ1n) is 9.25. The molecule has 1 saturated carbocycles. The summed E-state index contributed by atoms with van der Waals surface area (Å²) in [5, 5.41) is 0. The third kappa shape index (κ3) is 4.91. The Hall–Kier alpha value is -3.28. The lowest BCUT2D eigenvalue weighted by Gasteiger charge is -2.09. The highest BCUT2D eigenvalue weighted by Gasteiger charge is 2.21. The van der Waals surface area contributed by atoms with Gasteiger partial charge >= 0.3 is 5.97 Å². The molecule has 1 aromatic heterocycles. The number of aromatic nitrogens is 1. The van der Waals surface area contributed by atoms with Crippen LogP contribution >= 0.6 is 0 Å². The van der Waals surface area contributed by atoms with Crippen molar-refractivity contribution in [3.8, 4) is 28.7 Å². The number of ether oxygens (including phenoxy) is 3. The van der Waals surface area contributed by atoms with E-state index in [-0.39, 0.29) is 12.6 Å². The summed E-state index contributed by atoms with van der Waals surface area (Å²) in [5.41, 5.74) is 0.808. The molecule has 1 aliphatic carbocycles. The third-order valence-electron chi connectivity index (χ3n) is 4.30. The van der Waals surface area contributed by atoms with E-state index in [0.29, 0.717) is 23.3 Å². The predicted molar refractivity (Wildman–Crippen MR) is 102 cm³/mol. The topological polar surface area (TPSA) is 70.8 Å². The summed E-state index contributed by atoms with van der Waals surface area (Å²) in [6, 6.07) is 15.1. The molecule has 1 heterocycles. The molecule has 1 aliphatic rings. The second-order valence-electron chi connectivity index (χ2n) is 6.77. The zero-order valence-electron chi connectivity index (χ0n) is 15.6. The lowest BCUT2D eigenvalue weighted by Crippen LogP contribution is -1.98. The largest absolute Gasteiger partial charge is 0.493 e. The molecule has 3 aromatic rings. The molecule has 0 bridgehead atoms. The number of nitrogens with zero attached hydrogens (tertiary/aromatic N) is 1. The zero-order chi connectivity index (χ0) is 19.3.